The zero-order valence-corrected chi connectivity index (χ0v) is 13.4. The molecule has 6 nitrogen and oxygen atoms in total. The first-order chi connectivity index (χ1) is 11.7. The van der Waals surface area contributed by atoms with Crippen LogP contribution in [0.5, 0.6) is 0 Å². The molecule has 0 spiro atoms. The third-order valence-corrected chi connectivity index (χ3v) is 4.45. The minimum atomic E-state index is -0.522. The van der Waals surface area contributed by atoms with E-state index in [0.717, 1.165) is 22.3 Å². The van der Waals surface area contributed by atoms with E-state index in [4.69, 9.17) is 0 Å². The number of rotatable bonds is 3. The molecule has 3 aromatic rings. The number of aromatic nitrogens is 3. The van der Waals surface area contributed by atoms with Gasteiger partial charge in [-0.15, -0.1) is 0 Å². The Bertz CT molecular complexity index is 904. The number of carbonyl (C=O) groups is 1. The highest BCUT2D eigenvalue weighted by atomic mass is 16.3. The SMILES string of the molecule is Cc1nc(N2CCC(=O)[C@@H]2CO)c2[nH]c(-c3ccccc3)cc2n1. The molecule has 0 saturated carbocycles. The Morgan fingerprint density at radius 1 is 1.29 bits per heavy atom. The number of hydrogen-bond donors (Lipinski definition) is 2. The van der Waals surface area contributed by atoms with Crippen molar-refractivity contribution in [3.05, 3.63) is 42.2 Å². The molecule has 0 radical (unpaired) electrons. The molecule has 4 rings (SSSR count). The number of nitrogens with one attached hydrogen (secondary N) is 1. The quantitative estimate of drug-likeness (QED) is 0.771. The summed E-state index contributed by atoms with van der Waals surface area (Å²) in [6, 6.07) is 11.5. The van der Waals surface area contributed by atoms with Gasteiger partial charge >= 0.3 is 0 Å². The zero-order chi connectivity index (χ0) is 16.7. The van der Waals surface area contributed by atoms with E-state index >= 15 is 0 Å². The van der Waals surface area contributed by atoms with Crippen LogP contribution in [0.3, 0.4) is 0 Å². The predicted octanol–water partition coefficient (Wildman–Crippen LogP) is 2.07. The van der Waals surface area contributed by atoms with Crippen molar-refractivity contribution in [3.63, 3.8) is 0 Å². The second-order valence-electron chi connectivity index (χ2n) is 6.01. The highest BCUT2D eigenvalue weighted by molar-refractivity contribution is 5.96. The lowest BCUT2D eigenvalue weighted by molar-refractivity contribution is -0.119. The minimum Gasteiger partial charge on any atom is -0.394 e. The summed E-state index contributed by atoms with van der Waals surface area (Å²) in [5.74, 6) is 1.38. The van der Waals surface area contributed by atoms with Gasteiger partial charge in [0.05, 0.1) is 12.1 Å². The normalized spacial score (nSPS) is 17.8. The van der Waals surface area contributed by atoms with Gasteiger partial charge < -0.3 is 15.0 Å². The molecule has 122 valence electrons. The molecule has 2 N–H and O–H groups in total. The summed E-state index contributed by atoms with van der Waals surface area (Å²) >= 11 is 0. The Balaban J connectivity index is 1.87. The van der Waals surface area contributed by atoms with E-state index in [-0.39, 0.29) is 12.4 Å². The summed E-state index contributed by atoms with van der Waals surface area (Å²) in [4.78, 5) is 26.3. The van der Waals surface area contributed by atoms with Crippen molar-refractivity contribution in [2.45, 2.75) is 19.4 Å². The van der Waals surface area contributed by atoms with E-state index in [1.807, 2.05) is 48.2 Å². The molecule has 1 aliphatic heterocycles. The van der Waals surface area contributed by atoms with Gasteiger partial charge in [0.25, 0.3) is 0 Å². The third kappa shape index (κ3) is 2.35. The molecule has 0 bridgehead atoms. The second-order valence-corrected chi connectivity index (χ2v) is 6.01. The van der Waals surface area contributed by atoms with Crippen molar-refractivity contribution >= 4 is 22.6 Å². The standard InChI is InChI=1S/C18H18N4O2/c1-11-19-14-9-13(12-5-3-2-4-6-12)21-17(14)18(20-11)22-8-7-16(24)15(22)10-23/h2-6,9,15,21,23H,7-8,10H2,1H3/t15-/m0/s1. The van der Waals surface area contributed by atoms with Crippen LogP contribution < -0.4 is 4.90 Å². The van der Waals surface area contributed by atoms with Crippen LogP contribution >= 0.6 is 0 Å². The van der Waals surface area contributed by atoms with Crippen LogP contribution in [0.2, 0.25) is 0 Å². The number of aromatic amines is 1. The fraction of sp³-hybridized carbons (Fsp3) is 0.278. The number of benzene rings is 1. The number of aryl methyl sites for hydroxylation is 1. The number of ketones is 1. The average Bonchev–Trinajstić information content (AvgIpc) is 3.18. The van der Waals surface area contributed by atoms with E-state index in [0.29, 0.717) is 24.6 Å². The molecule has 2 aromatic heterocycles. The van der Waals surface area contributed by atoms with Crippen LogP contribution in [-0.4, -0.2) is 45.0 Å². The highest BCUT2D eigenvalue weighted by Gasteiger charge is 2.34. The van der Waals surface area contributed by atoms with Crippen LogP contribution in [-0.2, 0) is 4.79 Å². The Labute approximate surface area is 139 Å². The summed E-state index contributed by atoms with van der Waals surface area (Å²) in [6.45, 7) is 2.20. The first-order valence-corrected chi connectivity index (χ1v) is 8.00. The lowest BCUT2D eigenvalue weighted by atomic mass is 10.2. The fourth-order valence-corrected chi connectivity index (χ4v) is 3.27. The molecular weight excluding hydrogens is 304 g/mol. The Morgan fingerprint density at radius 3 is 2.83 bits per heavy atom. The summed E-state index contributed by atoms with van der Waals surface area (Å²) in [5.41, 5.74) is 3.63. The van der Waals surface area contributed by atoms with Gasteiger partial charge in [0.2, 0.25) is 0 Å². The number of Topliss-reactive ketones (excluding diaryl/α,β-unsaturated/α-hetero) is 1. The van der Waals surface area contributed by atoms with E-state index in [1.54, 1.807) is 0 Å². The van der Waals surface area contributed by atoms with Gasteiger partial charge in [-0.3, -0.25) is 4.79 Å². The first kappa shape index (κ1) is 14.8. The first-order valence-electron chi connectivity index (χ1n) is 8.00. The predicted molar refractivity (Wildman–Crippen MR) is 91.9 cm³/mol. The minimum absolute atomic E-state index is 0.0526. The Kier molecular flexibility index (Phi) is 3.54. The van der Waals surface area contributed by atoms with Crippen molar-refractivity contribution in [3.8, 4) is 11.3 Å². The van der Waals surface area contributed by atoms with Crippen LogP contribution in [0.4, 0.5) is 5.82 Å². The maximum atomic E-state index is 12.0. The number of aliphatic hydroxyl groups is 1. The molecule has 1 atom stereocenters. The Morgan fingerprint density at radius 2 is 2.08 bits per heavy atom. The van der Waals surface area contributed by atoms with Gasteiger partial charge in [-0.05, 0) is 18.6 Å². The highest BCUT2D eigenvalue weighted by Crippen LogP contribution is 2.31. The van der Waals surface area contributed by atoms with Gasteiger partial charge in [0, 0.05) is 18.7 Å². The topological polar surface area (TPSA) is 82.1 Å². The van der Waals surface area contributed by atoms with Crippen LogP contribution in [0.25, 0.3) is 22.3 Å². The van der Waals surface area contributed by atoms with Crippen molar-refractivity contribution in [1.82, 2.24) is 15.0 Å². The lowest BCUT2D eigenvalue weighted by Gasteiger charge is -2.23. The van der Waals surface area contributed by atoms with Gasteiger partial charge in [0.15, 0.2) is 11.6 Å². The van der Waals surface area contributed by atoms with Crippen LogP contribution in [0, 0.1) is 6.92 Å². The second kappa shape index (κ2) is 5.72. The number of fused-ring (bicyclic) bond motifs is 1. The van der Waals surface area contributed by atoms with E-state index < -0.39 is 6.04 Å². The number of anilines is 1. The molecule has 1 fully saturated rings. The summed E-state index contributed by atoms with van der Waals surface area (Å²) in [5, 5.41) is 9.58. The maximum Gasteiger partial charge on any atom is 0.159 e. The van der Waals surface area contributed by atoms with E-state index in [9.17, 15) is 9.90 Å². The summed E-state index contributed by atoms with van der Waals surface area (Å²) in [6.07, 6.45) is 0.433. The molecule has 3 heterocycles. The number of H-pyrrole nitrogens is 1. The molecule has 1 aromatic carbocycles. The van der Waals surface area contributed by atoms with Gasteiger partial charge in [-0.2, -0.15) is 0 Å². The molecule has 0 aliphatic carbocycles. The fourth-order valence-electron chi connectivity index (χ4n) is 3.27. The summed E-state index contributed by atoms with van der Waals surface area (Å²) < 4.78 is 0. The molecule has 6 heteroatoms. The van der Waals surface area contributed by atoms with Crippen molar-refractivity contribution in [1.29, 1.82) is 0 Å². The van der Waals surface area contributed by atoms with E-state index in [2.05, 4.69) is 15.0 Å². The molecule has 0 amide bonds. The lowest BCUT2D eigenvalue weighted by Crippen LogP contribution is -2.37. The number of aliphatic hydroxyl groups excluding tert-OH is 1. The smallest absolute Gasteiger partial charge is 0.159 e. The van der Waals surface area contributed by atoms with Gasteiger partial charge in [-0.25, -0.2) is 9.97 Å². The van der Waals surface area contributed by atoms with E-state index in [1.165, 1.54) is 0 Å². The van der Waals surface area contributed by atoms with Crippen LogP contribution in [0.1, 0.15) is 12.2 Å². The number of hydrogen-bond acceptors (Lipinski definition) is 5. The van der Waals surface area contributed by atoms with Crippen molar-refractivity contribution in [2.75, 3.05) is 18.1 Å². The molecule has 0 unspecified atom stereocenters. The van der Waals surface area contributed by atoms with Crippen molar-refractivity contribution < 1.29 is 9.90 Å². The molecule has 1 aliphatic rings. The Hall–Kier alpha value is -2.73. The van der Waals surface area contributed by atoms with Crippen LogP contribution in [0.15, 0.2) is 36.4 Å². The molecule has 1 saturated heterocycles. The average molecular weight is 322 g/mol. The maximum absolute atomic E-state index is 12.0. The largest absolute Gasteiger partial charge is 0.394 e. The van der Waals surface area contributed by atoms with Gasteiger partial charge in [0.1, 0.15) is 17.4 Å². The molecular formula is C18H18N4O2. The summed E-state index contributed by atoms with van der Waals surface area (Å²) in [7, 11) is 0. The number of carbonyl (C=O) groups excluding carboxylic acids is 1. The van der Waals surface area contributed by atoms with Crippen molar-refractivity contribution in [2.24, 2.45) is 0 Å². The molecule has 24 heavy (non-hydrogen) atoms. The monoisotopic (exact) mass is 322 g/mol. The third-order valence-electron chi connectivity index (χ3n) is 4.45. The van der Waals surface area contributed by atoms with Gasteiger partial charge in [-0.1, -0.05) is 30.3 Å². The number of nitrogens with zero attached hydrogens (tertiary/aromatic N) is 3. The zero-order valence-electron chi connectivity index (χ0n) is 13.4.